The van der Waals surface area contributed by atoms with Gasteiger partial charge in [0.05, 0.1) is 23.6 Å². The Morgan fingerprint density at radius 3 is 2.34 bits per heavy atom. The van der Waals surface area contributed by atoms with Crippen molar-refractivity contribution in [2.24, 2.45) is 0 Å². The molecule has 0 bridgehead atoms. The summed E-state index contributed by atoms with van der Waals surface area (Å²) in [5.41, 5.74) is -0.248. The molecular weight excluding hydrogens is 430 g/mol. The topological polar surface area (TPSA) is 68.5 Å². The van der Waals surface area contributed by atoms with Crippen LogP contribution in [0.5, 0.6) is 5.75 Å². The fourth-order valence-corrected chi connectivity index (χ4v) is 3.40. The fourth-order valence-electron chi connectivity index (χ4n) is 3.40. The Labute approximate surface area is 181 Å². The molecule has 1 heterocycles. The number of hydrogen-bond donors (Lipinski definition) is 1. The molecule has 2 aromatic carbocycles. The lowest BCUT2D eigenvalue weighted by Crippen LogP contribution is -2.17. The van der Waals surface area contributed by atoms with Crippen molar-refractivity contribution in [2.45, 2.75) is 45.9 Å². The molecule has 1 N–H and O–H groups in total. The lowest BCUT2D eigenvalue weighted by atomic mass is 10.1. The first kappa shape index (κ1) is 23.3. The summed E-state index contributed by atoms with van der Waals surface area (Å²) in [5.74, 6) is -2.90. The summed E-state index contributed by atoms with van der Waals surface area (Å²) in [6, 6.07) is 5.69. The third kappa shape index (κ3) is 4.46. The molecule has 0 saturated carbocycles. The number of alkyl halides is 3. The molecule has 3 rings (SSSR count). The number of nitrogens with zero attached hydrogens (tertiary/aromatic N) is 1. The second-order valence-corrected chi connectivity index (χ2v) is 7.49. The second-order valence-electron chi connectivity index (χ2n) is 7.49. The highest BCUT2D eigenvalue weighted by Gasteiger charge is 2.30. The van der Waals surface area contributed by atoms with Crippen LogP contribution in [0.4, 0.5) is 17.6 Å². The van der Waals surface area contributed by atoms with Crippen LogP contribution in [0.15, 0.2) is 36.4 Å². The van der Waals surface area contributed by atoms with E-state index in [1.165, 1.54) is 6.92 Å². The van der Waals surface area contributed by atoms with Crippen molar-refractivity contribution < 1.29 is 37.0 Å². The molecule has 32 heavy (non-hydrogen) atoms. The molecule has 0 aliphatic heterocycles. The monoisotopic (exact) mass is 451 g/mol. The van der Waals surface area contributed by atoms with Gasteiger partial charge in [-0.15, -0.1) is 0 Å². The van der Waals surface area contributed by atoms with E-state index in [1.54, 1.807) is 6.92 Å². The molecule has 0 saturated heterocycles. The number of fused-ring (bicyclic) bond motifs is 1. The lowest BCUT2D eigenvalue weighted by Gasteiger charge is -2.11. The highest BCUT2D eigenvalue weighted by molar-refractivity contribution is 6.05. The number of esters is 1. The number of aromatic nitrogens is 1. The molecule has 0 fully saturated rings. The van der Waals surface area contributed by atoms with Gasteiger partial charge in [-0.2, -0.15) is 13.2 Å². The van der Waals surface area contributed by atoms with Crippen molar-refractivity contribution in [3.8, 4) is 5.75 Å². The number of phenols is 1. The second kappa shape index (κ2) is 8.64. The number of phenolic OH excluding ortho intramolecular Hbond substituents is 1. The first-order chi connectivity index (χ1) is 14.9. The van der Waals surface area contributed by atoms with E-state index < -0.39 is 35.2 Å². The minimum absolute atomic E-state index is 0.0554. The summed E-state index contributed by atoms with van der Waals surface area (Å²) in [6.45, 7) is 5.10. The SMILES string of the molecule is CC[C@H](C)OC(=O)Cc1c(C)n(C(=O)c2ccc(C(F)(F)F)cc2)c2cc(F)c(O)cc12. The van der Waals surface area contributed by atoms with Gasteiger partial charge in [-0.1, -0.05) is 6.92 Å². The van der Waals surface area contributed by atoms with E-state index in [4.69, 9.17) is 4.74 Å². The fraction of sp³-hybridized carbons (Fsp3) is 0.304. The molecule has 9 heteroatoms. The Morgan fingerprint density at radius 2 is 1.78 bits per heavy atom. The van der Waals surface area contributed by atoms with Crippen LogP contribution in [0.25, 0.3) is 10.9 Å². The third-order valence-electron chi connectivity index (χ3n) is 5.29. The van der Waals surface area contributed by atoms with Crippen molar-refractivity contribution in [3.63, 3.8) is 0 Å². The summed E-state index contributed by atoms with van der Waals surface area (Å²) in [6.07, 6.45) is -4.51. The van der Waals surface area contributed by atoms with Gasteiger partial charge in [0.1, 0.15) is 0 Å². The minimum Gasteiger partial charge on any atom is -0.505 e. The van der Waals surface area contributed by atoms with Crippen molar-refractivity contribution in [1.29, 1.82) is 0 Å². The number of halogens is 4. The van der Waals surface area contributed by atoms with E-state index in [1.807, 2.05) is 6.92 Å². The Kier molecular flexibility index (Phi) is 6.29. The van der Waals surface area contributed by atoms with Gasteiger partial charge in [0.25, 0.3) is 5.91 Å². The number of carbonyl (C=O) groups excluding carboxylic acids is 2. The smallest absolute Gasteiger partial charge is 0.416 e. The summed E-state index contributed by atoms with van der Waals surface area (Å²) >= 11 is 0. The standard InChI is InChI=1S/C23H21F4NO4/c1-4-12(2)32-21(30)10-16-13(3)28(19-11-18(24)20(29)9-17(16)19)22(31)14-5-7-15(8-6-14)23(25,26)27/h5-9,11-12,29H,4,10H2,1-3H3/t12-/m0/s1. The van der Waals surface area contributed by atoms with Crippen molar-refractivity contribution in [1.82, 2.24) is 4.57 Å². The van der Waals surface area contributed by atoms with Crippen LogP contribution < -0.4 is 0 Å². The van der Waals surface area contributed by atoms with E-state index in [-0.39, 0.29) is 34.7 Å². The maximum Gasteiger partial charge on any atom is 0.416 e. The van der Waals surface area contributed by atoms with E-state index in [2.05, 4.69) is 0 Å². The van der Waals surface area contributed by atoms with E-state index >= 15 is 0 Å². The van der Waals surface area contributed by atoms with Crippen molar-refractivity contribution in [2.75, 3.05) is 0 Å². The average Bonchev–Trinajstić information content (AvgIpc) is 2.98. The van der Waals surface area contributed by atoms with Gasteiger partial charge >= 0.3 is 12.1 Å². The third-order valence-corrected chi connectivity index (χ3v) is 5.29. The van der Waals surface area contributed by atoms with E-state index in [0.717, 1.165) is 41.0 Å². The van der Waals surface area contributed by atoms with E-state index in [0.29, 0.717) is 12.0 Å². The quantitative estimate of drug-likeness (QED) is 0.417. The predicted molar refractivity (Wildman–Crippen MR) is 109 cm³/mol. The maximum absolute atomic E-state index is 14.1. The Balaban J connectivity index is 2.10. The molecule has 0 amide bonds. The van der Waals surface area contributed by atoms with Crippen LogP contribution in [0.2, 0.25) is 0 Å². The minimum atomic E-state index is -4.55. The molecule has 1 aromatic heterocycles. The largest absolute Gasteiger partial charge is 0.505 e. The average molecular weight is 451 g/mol. The molecule has 0 radical (unpaired) electrons. The Morgan fingerprint density at radius 1 is 1.16 bits per heavy atom. The van der Waals surface area contributed by atoms with Crippen LogP contribution in [0.1, 0.15) is 47.4 Å². The Hall–Kier alpha value is -3.36. The number of ether oxygens (including phenoxy) is 1. The molecule has 170 valence electrons. The molecule has 0 aliphatic carbocycles. The number of benzene rings is 2. The van der Waals surface area contributed by atoms with Gasteiger partial charge < -0.3 is 9.84 Å². The zero-order chi connectivity index (χ0) is 23.8. The highest BCUT2D eigenvalue weighted by atomic mass is 19.4. The molecule has 5 nitrogen and oxygen atoms in total. The first-order valence-corrected chi connectivity index (χ1v) is 9.87. The van der Waals surface area contributed by atoms with Crippen LogP contribution in [-0.2, 0) is 22.1 Å². The van der Waals surface area contributed by atoms with Crippen molar-refractivity contribution >= 4 is 22.8 Å². The Bertz CT molecular complexity index is 1180. The summed E-state index contributed by atoms with van der Waals surface area (Å²) < 4.78 is 59.0. The van der Waals surface area contributed by atoms with Crippen LogP contribution in [-0.4, -0.2) is 27.7 Å². The van der Waals surface area contributed by atoms with Crippen molar-refractivity contribution in [3.05, 3.63) is 64.6 Å². The lowest BCUT2D eigenvalue weighted by molar-refractivity contribution is -0.147. The zero-order valence-electron chi connectivity index (χ0n) is 17.6. The number of carbonyl (C=O) groups is 2. The van der Waals surface area contributed by atoms with Crippen LogP contribution in [0.3, 0.4) is 0 Å². The van der Waals surface area contributed by atoms with Gasteiger partial charge in [0, 0.05) is 22.7 Å². The zero-order valence-corrected chi connectivity index (χ0v) is 17.6. The van der Waals surface area contributed by atoms with Crippen LogP contribution in [0, 0.1) is 12.7 Å². The normalized spacial score (nSPS) is 12.7. The highest BCUT2D eigenvalue weighted by Crippen LogP contribution is 2.33. The van der Waals surface area contributed by atoms with Gasteiger partial charge in [0.2, 0.25) is 0 Å². The number of aromatic hydroxyl groups is 1. The van der Waals surface area contributed by atoms with Gasteiger partial charge in [-0.05, 0) is 56.2 Å². The molecule has 1 atom stereocenters. The summed E-state index contributed by atoms with van der Waals surface area (Å²) in [5, 5.41) is 10.1. The number of hydrogen-bond acceptors (Lipinski definition) is 4. The molecule has 0 spiro atoms. The van der Waals surface area contributed by atoms with Gasteiger partial charge in [-0.25, -0.2) is 4.39 Å². The van der Waals surface area contributed by atoms with E-state index in [9.17, 15) is 32.3 Å². The van der Waals surface area contributed by atoms with Crippen LogP contribution >= 0.6 is 0 Å². The molecule has 0 aliphatic rings. The first-order valence-electron chi connectivity index (χ1n) is 9.87. The molecule has 0 unspecified atom stereocenters. The van der Waals surface area contributed by atoms with Gasteiger partial charge in [0.15, 0.2) is 11.6 Å². The molecular formula is C23H21F4NO4. The maximum atomic E-state index is 14.1. The summed E-state index contributed by atoms with van der Waals surface area (Å²) in [7, 11) is 0. The van der Waals surface area contributed by atoms with Gasteiger partial charge in [-0.3, -0.25) is 14.2 Å². The molecule has 3 aromatic rings. The number of rotatable bonds is 5. The summed E-state index contributed by atoms with van der Waals surface area (Å²) in [4.78, 5) is 25.5. The predicted octanol–water partition coefficient (Wildman–Crippen LogP) is 5.39.